The molecular weight excluding hydrogens is 260 g/mol. The summed E-state index contributed by atoms with van der Waals surface area (Å²) < 4.78 is 26.5. The zero-order valence-electron chi connectivity index (χ0n) is 11.1. The molecule has 0 bridgehead atoms. The van der Waals surface area contributed by atoms with Crippen molar-refractivity contribution in [2.24, 2.45) is 5.92 Å². The molecule has 0 radical (unpaired) electrons. The van der Waals surface area contributed by atoms with Crippen molar-refractivity contribution in [3.63, 3.8) is 0 Å². The Morgan fingerprint density at radius 2 is 2.11 bits per heavy atom. The first-order valence-electron chi connectivity index (χ1n) is 7.10. The molecule has 5 heteroatoms. The molecule has 104 valence electrons. The van der Waals surface area contributed by atoms with Gasteiger partial charge in [-0.25, -0.2) is 8.42 Å². The predicted octanol–water partition coefficient (Wildman–Crippen LogP) is 2.35. The van der Waals surface area contributed by atoms with Crippen LogP contribution in [-0.2, 0) is 16.4 Å². The predicted molar refractivity (Wildman–Crippen MR) is 75.6 cm³/mol. The third-order valence-electron chi connectivity index (χ3n) is 4.34. The van der Waals surface area contributed by atoms with Gasteiger partial charge in [-0.15, -0.1) is 0 Å². The lowest BCUT2D eigenvalue weighted by Gasteiger charge is -2.20. The molecule has 1 aliphatic carbocycles. The SMILES string of the molecule is O=S(=O)(CCC1CCCC1)N1CCc2ccncc21. The summed E-state index contributed by atoms with van der Waals surface area (Å²) in [6, 6.07) is 1.92. The molecule has 0 amide bonds. The van der Waals surface area contributed by atoms with E-state index in [1.807, 2.05) is 6.07 Å². The van der Waals surface area contributed by atoms with Crippen molar-refractivity contribution in [3.8, 4) is 0 Å². The van der Waals surface area contributed by atoms with Crippen LogP contribution < -0.4 is 4.31 Å². The summed E-state index contributed by atoms with van der Waals surface area (Å²) in [5.41, 5.74) is 1.88. The number of anilines is 1. The summed E-state index contributed by atoms with van der Waals surface area (Å²) in [4.78, 5) is 4.05. The average Bonchev–Trinajstić information content (AvgIpc) is 3.06. The third kappa shape index (κ3) is 2.61. The van der Waals surface area contributed by atoms with Crippen molar-refractivity contribution < 1.29 is 8.42 Å². The van der Waals surface area contributed by atoms with Crippen molar-refractivity contribution in [2.45, 2.75) is 38.5 Å². The van der Waals surface area contributed by atoms with Crippen molar-refractivity contribution in [2.75, 3.05) is 16.6 Å². The van der Waals surface area contributed by atoms with Gasteiger partial charge in [0.15, 0.2) is 0 Å². The van der Waals surface area contributed by atoms with Gasteiger partial charge in [-0.3, -0.25) is 9.29 Å². The molecule has 0 atom stereocenters. The number of hydrogen-bond acceptors (Lipinski definition) is 3. The van der Waals surface area contributed by atoms with Gasteiger partial charge in [0.25, 0.3) is 0 Å². The molecule has 1 aromatic heterocycles. The number of nitrogens with zero attached hydrogens (tertiary/aromatic N) is 2. The first-order chi connectivity index (χ1) is 9.17. The number of rotatable bonds is 4. The van der Waals surface area contributed by atoms with Gasteiger partial charge in [-0.05, 0) is 30.4 Å². The van der Waals surface area contributed by atoms with E-state index in [1.54, 1.807) is 16.7 Å². The van der Waals surface area contributed by atoms with Crippen LogP contribution in [0.3, 0.4) is 0 Å². The Kier molecular flexibility index (Phi) is 3.48. The monoisotopic (exact) mass is 280 g/mol. The standard InChI is InChI=1S/C14H20N2O2S/c17-19(18,10-7-12-3-1-2-4-12)16-9-6-13-5-8-15-11-14(13)16/h5,8,11-12H,1-4,6-7,9-10H2. The number of hydrogen-bond donors (Lipinski definition) is 0. The van der Waals surface area contributed by atoms with Crippen LogP contribution in [0, 0.1) is 5.92 Å². The molecular formula is C14H20N2O2S. The average molecular weight is 280 g/mol. The van der Waals surface area contributed by atoms with E-state index >= 15 is 0 Å². The van der Waals surface area contributed by atoms with Crippen LogP contribution >= 0.6 is 0 Å². The molecule has 19 heavy (non-hydrogen) atoms. The molecule has 4 nitrogen and oxygen atoms in total. The number of sulfonamides is 1. The van der Waals surface area contributed by atoms with E-state index < -0.39 is 10.0 Å². The Balaban J connectivity index is 1.71. The fourth-order valence-corrected chi connectivity index (χ4v) is 4.89. The topological polar surface area (TPSA) is 50.3 Å². The van der Waals surface area contributed by atoms with E-state index in [1.165, 1.54) is 25.7 Å². The minimum Gasteiger partial charge on any atom is -0.268 e. The molecule has 0 saturated heterocycles. The molecule has 0 N–H and O–H groups in total. The fourth-order valence-electron chi connectivity index (χ4n) is 3.21. The van der Waals surface area contributed by atoms with Gasteiger partial charge in [-0.2, -0.15) is 0 Å². The molecule has 1 fully saturated rings. The van der Waals surface area contributed by atoms with Gasteiger partial charge >= 0.3 is 0 Å². The minimum absolute atomic E-state index is 0.284. The summed E-state index contributed by atoms with van der Waals surface area (Å²) in [7, 11) is -3.17. The number of aromatic nitrogens is 1. The first-order valence-corrected chi connectivity index (χ1v) is 8.71. The third-order valence-corrected chi connectivity index (χ3v) is 6.14. The second-order valence-electron chi connectivity index (χ2n) is 5.58. The van der Waals surface area contributed by atoms with Crippen LogP contribution in [0.1, 0.15) is 37.7 Å². The minimum atomic E-state index is -3.17. The van der Waals surface area contributed by atoms with Crippen LogP contribution in [0.4, 0.5) is 5.69 Å². The zero-order chi connectivity index (χ0) is 13.3. The van der Waals surface area contributed by atoms with Gasteiger partial charge in [0.05, 0.1) is 17.6 Å². The summed E-state index contributed by atoms with van der Waals surface area (Å²) in [5.74, 6) is 0.900. The highest BCUT2D eigenvalue weighted by Crippen LogP contribution is 2.32. The Hall–Kier alpha value is -1.10. The maximum atomic E-state index is 12.5. The maximum Gasteiger partial charge on any atom is 0.235 e. The van der Waals surface area contributed by atoms with Crippen LogP contribution in [0.15, 0.2) is 18.5 Å². The van der Waals surface area contributed by atoms with Crippen molar-refractivity contribution in [1.29, 1.82) is 0 Å². The molecule has 1 aliphatic heterocycles. The van der Waals surface area contributed by atoms with E-state index in [4.69, 9.17) is 0 Å². The lowest BCUT2D eigenvalue weighted by molar-refractivity contribution is 0.520. The summed E-state index contributed by atoms with van der Waals surface area (Å²) >= 11 is 0. The highest BCUT2D eigenvalue weighted by Gasteiger charge is 2.30. The van der Waals surface area contributed by atoms with Gasteiger partial charge in [-0.1, -0.05) is 25.7 Å². The van der Waals surface area contributed by atoms with Crippen LogP contribution in [0.25, 0.3) is 0 Å². The number of fused-ring (bicyclic) bond motifs is 1. The van der Waals surface area contributed by atoms with Crippen LogP contribution in [-0.4, -0.2) is 25.7 Å². The smallest absolute Gasteiger partial charge is 0.235 e. The molecule has 1 aromatic rings. The first kappa shape index (κ1) is 12.9. The maximum absolute atomic E-state index is 12.5. The highest BCUT2D eigenvalue weighted by molar-refractivity contribution is 7.92. The molecule has 0 aromatic carbocycles. The van der Waals surface area contributed by atoms with Crippen molar-refractivity contribution in [3.05, 3.63) is 24.0 Å². The van der Waals surface area contributed by atoms with E-state index in [-0.39, 0.29) is 5.75 Å². The number of pyridine rings is 1. The van der Waals surface area contributed by atoms with Crippen molar-refractivity contribution in [1.82, 2.24) is 4.98 Å². The van der Waals surface area contributed by atoms with E-state index in [0.717, 1.165) is 24.1 Å². The second kappa shape index (κ2) is 5.12. The van der Waals surface area contributed by atoms with Gasteiger partial charge < -0.3 is 0 Å². The Labute approximate surface area is 114 Å². The molecule has 2 aliphatic rings. The molecule has 0 spiro atoms. The molecule has 1 saturated carbocycles. The van der Waals surface area contributed by atoms with Gasteiger partial charge in [0.1, 0.15) is 0 Å². The molecule has 3 rings (SSSR count). The quantitative estimate of drug-likeness (QED) is 0.850. The zero-order valence-corrected chi connectivity index (χ0v) is 11.9. The van der Waals surface area contributed by atoms with Crippen molar-refractivity contribution >= 4 is 15.7 Å². The molecule has 0 unspecified atom stereocenters. The van der Waals surface area contributed by atoms with Gasteiger partial charge in [0, 0.05) is 12.7 Å². The normalized spacial score (nSPS) is 19.9. The van der Waals surface area contributed by atoms with E-state index in [9.17, 15) is 8.42 Å². The Bertz CT molecular complexity index is 550. The van der Waals surface area contributed by atoms with Crippen LogP contribution in [0.5, 0.6) is 0 Å². The largest absolute Gasteiger partial charge is 0.268 e. The summed E-state index contributed by atoms with van der Waals surface area (Å²) in [6.45, 7) is 0.577. The molecule has 2 heterocycles. The van der Waals surface area contributed by atoms with E-state index in [2.05, 4.69) is 4.98 Å². The van der Waals surface area contributed by atoms with Crippen LogP contribution in [0.2, 0.25) is 0 Å². The summed E-state index contributed by atoms with van der Waals surface area (Å²) in [5, 5.41) is 0. The van der Waals surface area contributed by atoms with E-state index in [0.29, 0.717) is 12.5 Å². The highest BCUT2D eigenvalue weighted by atomic mass is 32.2. The second-order valence-corrected chi connectivity index (χ2v) is 7.59. The Morgan fingerprint density at radius 3 is 2.89 bits per heavy atom. The lowest BCUT2D eigenvalue weighted by atomic mass is 10.1. The lowest BCUT2D eigenvalue weighted by Crippen LogP contribution is -2.32. The fraction of sp³-hybridized carbons (Fsp3) is 0.643. The van der Waals surface area contributed by atoms with Gasteiger partial charge in [0.2, 0.25) is 10.0 Å². The summed E-state index contributed by atoms with van der Waals surface area (Å²) in [6.07, 6.45) is 9.96. The Morgan fingerprint density at radius 1 is 1.32 bits per heavy atom.